The van der Waals surface area contributed by atoms with Crippen molar-refractivity contribution in [3.63, 3.8) is 0 Å². The number of anilines is 1. The summed E-state index contributed by atoms with van der Waals surface area (Å²) < 4.78 is 10.6. The minimum atomic E-state index is -1.06. The number of hydrogen-bond acceptors (Lipinski definition) is 7. The molecule has 0 bridgehead atoms. The van der Waals surface area contributed by atoms with Gasteiger partial charge < -0.3 is 19.7 Å². The van der Waals surface area contributed by atoms with Crippen LogP contribution in [0, 0.1) is 23.2 Å². The third-order valence-electron chi connectivity index (χ3n) is 6.57. The first-order valence-corrected chi connectivity index (χ1v) is 12.3. The number of carbonyl (C=O) groups excluding carboxylic acids is 1. The third kappa shape index (κ3) is 5.51. The lowest BCUT2D eigenvalue weighted by atomic mass is 9.91. The van der Waals surface area contributed by atoms with Gasteiger partial charge in [0, 0.05) is 19.6 Å². The largest absolute Gasteiger partial charge is 0.493 e. The molecular weight excluding hydrogens is 454 g/mol. The summed E-state index contributed by atoms with van der Waals surface area (Å²) in [5.74, 6) is 1.47. The molecule has 1 saturated heterocycles. The molecule has 8 nitrogen and oxygen atoms in total. The smallest absolute Gasteiger partial charge is 0.243 e. The van der Waals surface area contributed by atoms with Crippen molar-refractivity contribution in [2.75, 3.05) is 38.8 Å². The van der Waals surface area contributed by atoms with Crippen LogP contribution in [0.4, 0.5) is 5.82 Å². The topological polar surface area (TPSA) is 100 Å². The number of amides is 1. The molecule has 1 aliphatic heterocycles. The van der Waals surface area contributed by atoms with Gasteiger partial charge in [-0.25, -0.2) is 9.97 Å². The molecule has 0 radical (unpaired) electrons. The highest BCUT2D eigenvalue weighted by molar-refractivity contribution is 5.88. The molecule has 1 aromatic heterocycles. The number of nitriles is 1. The number of piperidine rings is 1. The number of ether oxygens (including phenoxy) is 2. The highest BCUT2D eigenvalue weighted by Crippen LogP contribution is 2.32. The summed E-state index contributed by atoms with van der Waals surface area (Å²) in [5, 5.41) is 13.0. The second kappa shape index (κ2) is 11.3. The molecule has 1 aliphatic rings. The number of rotatable bonds is 8. The predicted octanol–water partition coefficient (Wildman–Crippen LogP) is 4.10. The summed E-state index contributed by atoms with van der Waals surface area (Å²) >= 11 is 0. The first-order valence-electron chi connectivity index (χ1n) is 12.3. The van der Waals surface area contributed by atoms with E-state index in [-0.39, 0.29) is 5.91 Å². The van der Waals surface area contributed by atoms with E-state index >= 15 is 0 Å². The molecule has 3 atom stereocenters. The lowest BCUT2D eigenvalue weighted by molar-refractivity contribution is -0.121. The van der Waals surface area contributed by atoms with E-state index in [4.69, 9.17) is 19.4 Å². The van der Waals surface area contributed by atoms with Crippen LogP contribution in [-0.2, 0) is 11.2 Å². The summed E-state index contributed by atoms with van der Waals surface area (Å²) in [6.45, 7) is 6.46. The van der Waals surface area contributed by atoms with Crippen LogP contribution in [0.15, 0.2) is 42.5 Å². The van der Waals surface area contributed by atoms with E-state index in [1.165, 1.54) is 0 Å². The molecule has 2 heterocycles. The van der Waals surface area contributed by atoms with Gasteiger partial charge in [-0.1, -0.05) is 32.0 Å². The van der Waals surface area contributed by atoms with E-state index in [0.29, 0.717) is 53.3 Å². The molecule has 1 amide bonds. The molecule has 3 aromatic rings. The fourth-order valence-electron chi connectivity index (χ4n) is 4.98. The fourth-order valence-corrected chi connectivity index (χ4v) is 4.98. The molecule has 2 aromatic carbocycles. The molecule has 0 spiro atoms. The number of benzene rings is 2. The van der Waals surface area contributed by atoms with Crippen molar-refractivity contribution in [1.29, 1.82) is 5.26 Å². The first kappa shape index (κ1) is 25.2. The number of nitrogens with one attached hydrogen (secondary N) is 1. The standard InChI is InChI=1S/C28H33N5O3/c1-18-13-19(2)17-33(16-18)27-26(31-22-7-5-6-8-23(22)32-27)21(15-29)28(34)30-12-11-20-9-10-24(35-3)25(14-20)36-4/h5-10,14,18-19,21H,11-13,16-17H2,1-4H3,(H,30,34)/t18-,19+,21-/m1/s1. The Hall–Kier alpha value is -3.86. The summed E-state index contributed by atoms with van der Waals surface area (Å²) in [6.07, 6.45) is 1.73. The van der Waals surface area contributed by atoms with E-state index in [2.05, 4.69) is 30.1 Å². The number of methoxy groups -OCH3 is 2. The van der Waals surface area contributed by atoms with Crippen molar-refractivity contribution >= 4 is 22.8 Å². The minimum Gasteiger partial charge on any atom is -0.493 e. The number of aromatic nitrogens is 2. The van der Waals surface area contributed by atoms with Crippen LogP contribution in [0.3, 0.4) is 0 Å². The number of hydrogen-bond donors (Lipinski definition) is 1. The highest BCUT2D eigenvalue weighted by atomic mass is 16.5. The Morgan fingerprint density at radius 3 is 2.39 bits per heavy atom. The van der Waals surface area contributed by atoms with Gasteiger partial charge in [0.1, 0.15) is 5.69 Å². The van der Waals surface area contributed by atoms with Crippen molar-refractivity contribution in [2.45, 2.75) is 32.6 Å². The zero-order valence-electron chi connectivity index (χ0n) is 21.3. The summed E-state index contributed by atoms with van der Waals surface area (Å²) in [7, 11) is 3.18. The summed E-state index contributed by atoms with van der Waals surface area (Å²) in [6, 6.07) is 15.4. The lowest BCUT2D eigenvalue weighted by Crippen LogP contribution is -2.40. The van der Waals surface area contributed by atoms with Crippen LogP contribution in [0.2, 0.25) is 0 Å². The predicted molar refractivity (Wildman–Crippen MR) is 139 cm³/mol. The van der Waals surface area contributed by atoms with Crippen LogP contribution >= 0.6 is 0 Å². The van der Waals surface area contributed by atoms with Crippen LogP contribution in [0.1, 0.15) is 37.4 Å². The van der Waals surface area contributed by atoms with Gasteiger partial charge in [-0.3, -0.25) is 4.79 Å². The lowest BCUT2D eigenvalue weighted by Gasteiger charge is -2.36. The molecule has 188 valence electrons. The minimum absolute atomic E-state index is 0.373. The van der Waals surface area contributed by atoms with Gasteiger partial charge in [0.15, 0.2) is 23.2 Å². The van der Waals surface area contributed by atoms with E-state index < -0.39 is 5.92 Å². The van der Waals surface area contributed by atoms with Crippen LogP contribution in [0.5, 0.6) is 11.5 Å². The van der Waals surface area contributed by atoms with E-state index in [1.54, 1.807) is 14.2 Å². The Morgan fingerprint density at radius 1 is 1.08 bits per heavy atom. The van der Waals surface area contributed by atoms with E-state index in [0.717, 1.165) is 30.6 Å². The Labute approximate surface area is 212 Å². The molecule has 0 aliphatic carbocycles. The SMILES string of the molecule is COc1ccc(CCNC(=O)[C@H](C#N)c2nc3ccccc3nc2N2C[C@H](C)C[C@H](C)C2)cc1OC. The quantitative estimate of drug-likeness (QED) is 0.511. The second-order valence-corrected chi connectivity index (χ2v) is 9.56. The molecule has 1 N–H and O–H groups in total. The maximum atomic E-state index is 13.2. The van der Waals surface area contributed by atoms with Crippen LogP contribution in [-0.4, -0.2) is 49.7 Å². The van der Waals surface area contributed by atoms with Crippen molar-refractivity contribution in [3.05, 3.63) is 53.7 Å². The van der Waals surface area contributed by atoms with Crippen molar-refractivity contribution < 1.29 is 14.3 Å². The molecule has 8 heteroatoms. The van der Waals surface area contributed by atoms with Gasteiger partial charge in [-0.15, -0.1) is 0 Å². The van der Waals surface area contributed by atoms with Gasteiger partial charge in [-0.05, 0) is 54.5 Å². The number of carbonyl (C=O) groups is 1. The van der Waals surface area contributed by atoms with Gasteiger partial charge in [-0.2, -0.15) is 5.26 Å². The van der Waals surface area contributed by atoms with Gasteiger partial charge in [0.2, 0.25) is 5.91 Å². The van der Waals surface area contributed by atoms with Crippen molar-refractivity contribution in [1.82, 2.24) is 15.3 Å². The van der Waals surface area contributed by atoms with Crippen LogP contribution in [0.25, 0.3) is 11.0 Å². The maximum absolute atomic E-state index is 13.2. The molecule has 4 rings (SSSR count). The highest BCUT2D eigenvalue weighted by Gasteiger charge is 2.31. The normalized spacial score (nSPS) is 18.4. The maximum Gasteiger partial charge on any atom is 0.243 e. The fraction of sp³-hybridized carbons (Fsp3) is 0.429. The van der Waals surface area contributed by atoms with Crippen molar-refractivity contribution in [3.8, 4) is 17.6 Å². The average molecular weight is 488 g/mol. The van der Waals surface area contributed by atoms with Gasteiger partial charge >= 0.3 is 0 Å². The molecule has 0 saturated carbocycles. The average Bonchev–Trinajstić information content (AvgIpc) is 2.88. The molecule has 1 fully saturated rings. The summed E-state index contributed by atoms with van der Waals surface area (Å²) in [4.78, 5) is 25.1. The monoisotopic (exact) mass is 487 g/mol. The number of para-hydroxylation sites is 2. The Morgan fingerprint density at radius 2 is 1.75 bits per heavy atom. The Bertz CT molecular complexity index is 1260. The van der Waals surface area contributed by atoms with E-state index in [1.807, 2.05) is 42.5 Å². The second-order valence-electron chi connectivity index (χ2n) is 9.56. The Balaban J connectivity index is 1.56. The zero-order chi connectivity index (χ0) is 25.7. The molecule has 36 heavy (non-hydrogen) atoms. The molecular formula is C28H33N5O3. The van der Waals surface area contributed by atoms with E-state index in [9.17, 15) is 10.1 Å². The zero-order valence-corrected chi connectivity index (χ0v) is 21.3. The van der Waals surface area contributed by atoms with Crippen molar-refractivity contribution in [2.24, 2.45) is 11.8 Å². The van der Waals surface area contributed by atoms with Gasteiger partial charge in [0.05, 0.1) is 31.3 Å². The number of nitrogens with zero attached hydrogens (tertiary/aromatic N) is 4. The number of fused-ring (bicyclic) bond motifs is 1. The summed E-state index contributed by atoms with van der Waals surface area (Å²) in [5.41, 5.74) is 2.84. The first-order chi connectivity index (χ1) is 17.4. The molecule has 0 unspecified atom stereocenters. The van der Waals surface area contributed by atoms with Crippen LogP contribution < -0.4 is 19.7 Å². The third-order valence-corrected chi connectivity index (χ3v) is 6.57. The Kier molecular flexibility index (Phi) is 7.89. The van der Waals surface area contributed by atoms with Gasteiger partial charge in [0.25, 0.3) is 0 Å².